The maximum atomic E-state index is 6.42. The molecule has 0 saturated carbocycles. The number of pyridine rings is 1. The largest absolute Gasteiger partial charge is 0.455 e. The van der Waals surface area contributed by atoms with Gasteiger partial charge >= 0.3 is 0 Å². The molecule has 12 rings (SSSR count). The molecule has 4 aromatic heterocycles. The molecule has 0 amide bonds. The maximum Gasteiger partial charge on any atom is 0.167 e. The summed E-state index contributed by atoms with van der Waals surface area (Å²) in [7, 11) is 0. The van der Waals surface area contributed by atoms with Crippen molar-refractivity contribution in [2.24, 2.45) is 0 Å². The number of hydrogen-bond acceptors (Lipinski definition) is 6. The molecule has 270 valence electrons. The van der Waals surface area contributed by atoms with Crippen molar-refractivity contribution < 1.29 is 4.42 Å². The molecule has 0 aliphatic rings. The van der Waals surface area contributed by atoms with E-state index in [1.165, 1.54) is 36.5 Å². The highest BCUT2D eigenvalue weighted by molar-refractivity contribution is 7.27. The van der Waals surface area contributed by atoms with Crippen LogP contribution in [0.25, 0.3) is 120 Å². The fraction of sp³-hybridized carbons (Fsp3) is 0. The third-order valence-electron chi connectivity index (χ3n) is 11.1. The van der Waals surface area contributed by atoms with Gasteiger partial charge in [0.2, 0.25) is 0 Å². The normalized spacial score (nSPS) is 11.8. The molecule has 0 aliphatic carbocycles. The van der Waals surface area contributed by atoms with Crippen LogP contribution in [-0.4, -0.2) is 19.9 Å². The first kappa shape index (κ1) is 32.7. The van der Waals surface area contributed by atoms with Gasteiger partial charge in [-0.3, -0.25) is 0 Å². The van der Waals surface area contributed by atoms with E-state index in [9.17, 15) is 0 Å². The lowest BCUT2D eigenvalue weighted by Gasteiger charge is -2.11. The van der Waals surface area contributed by atoms with Crippen LogP contribution in [0.5, 0.6) is 0 Å². The highest BCUT2D eigenvalue weighted by Crippen LogP contribution is 2.46. The fourth-order valence-electron chi connectivity index (χ4n) is 8.44. The summed E-state index contributed by atoms with van der Waals surface area (Å²) in [6, 6.07) is 63.2. The Morgan fingerprint density at radius 2 is 0.966 bits per heavy atom. The van der Waals surface area contributed by atoms with E-state index in [1.807, 2.05) is 72.0 Å². The molecule has 5 nitrogen and oxygen atoms in total. The van der Waals surface area contributed by atoms with Crippen molar-refractivity contribution in [3.05, 3.63) is 182 Å². The van der Waals surface area contributed by atoms with E-state index >= 15 is 0 Å². The van der Waals surface area contributed by atoms with Gasteiger partial charge in [0.25, 0.3) is 0 Å². The summed E-state index contributed by atoms with van der Waals surface area (Å²) in [4.78, 5) is 20.3. The first-order chi connectivity index (χ1) is 28.7. The van der Waals surface area contributed by atoms with Gasteiger partial charge in [-0.25, -0.2) is 19.9 Å². The second kappa shape index (κ2) is 13.0. The van der Waals surface area contributed by atoms with E-state index in [4.69, 9.17) is 24.4 Å². The molecule has 6 heteroatoms. The second-order valence-corrected chi connectivity index (χ2v) is 15.6. The Balaban J connectivity index is 1.01. The molecule has 0 aliphatic heterocycles. The summed E-state index contributed by atoms with van der Waals surface area (Å²) in [6.45, 7) is 0. The van der Waals surface area contributed by atoms with Crippen molar-refractivity contribution in [3.63, 3.8) is 0 Å². The second-order valence-electron chi connectivity index (χ2n) is 14.5. The molecule has 0 bridgehead atoms. The highest BCUT2D eigenvalue weighted by atomic mass is 32.1. The standard InChI is InChI=1S/C52H30N4OS/c1-3-13-32(14-4-1)47-39-29-30-40-45-35(19-12-24-44(45)58-49(40)46(39)38-18-7-9-22-42(38)53-47)31-25-27-34(28-26-31)51-54-50(33-15-5-2-6-16-33)55-52(56-51)41-21-11-20-37-36-17-8-10-23-43(36)57-48(37)41/h1-30H. The van der Waals surface area contributed by atoms with Gasteiger partial charge in [0, 0.05) is 63.8 Å². The van der Waals surface area contributed by atoms with Crippen LogP contribution in [0.4, 0.5) is 0 Å². The van der Waals surface area contributed by atoms with Gasteiger partial charge in [0.15, 0.2) is 17.5 Å². The van der Waals surface area contributed by atoms with Crippen LogP contribution < -0.4 is 0 Å². The molecule has 8 aromatic carbocycles. The summed E-state index contributed by atoms with van der Waals surface area (Å²) < 4.78 is 8.95. The predicted octanol–water partition coefficient (Wildman–Crippen LogP) is 14.2. The van der Waals surface area contributed by atoms with Gasteiger partial charge in [-0.1, -0.05) is 158 Å². The lowest BCUT2D eigenvalue weighted by molar-refractivity contribution is 0.669. The zero-order valence-corrected chi connectivity index (χ0v) is 31.7. The summed E-state index contributed by atoms with van der Waals surface area (Å²) in [5, 5.41) is 8.19. The minimum absolute atomic E-state index is 0.567. The van der Waals surface area contributed by atoms with E-state index in [1.54, 1.807) is 0 Å². The van der Waals surface area contributed by atoms with Crippen molar-refractivity contribution in [2.45, 2.75) is 0 Å². The van der Waals surface area contributed by atoms with Crippen LogP contribution in [0.15, 0.2) is 186 Å². The maximum absolute atomic E-state index is 6.42. The number of fused-ring (bicyclic) bond motifs is 10. The molecule has 0 atom stereocenters. The van der Waals surface area contributed by atoms with Crippen molar-refractivity contribution in [1.82, 2.24) is 19.9 Å². The van der Waals surface area contributed by atoms with Gasteiger partial charge in [0.1, 0.15) is 11.2 Å². The van der Waals surface area contributed by atoms with Gasteiger partial charge < -0.3 is 4.42 Å². The van der Waals surface area contributed by atoms with Crippen LogP contribution in [0, 0.1) is 0 Å². The quantitative estimate of drug-likeness (QED) is 0.164. The van der Waals surface area contributed by atoms with Crippen molar-refractivity contribution in [1.29, 1.82) is 0 Å². The summed E-state index contributed by atoms with van der Waals surface area (Å²) >= 11 is 1.86. The molecule has 0 N–H and O–H groups in total. The highest BCUT2D eigenvalue weighted by Gasteiger charge is 2.20. The number of thiophene rings is 1. The predicted molar refractivity (Wildman–Crippen MR) is 240 cm³/mol. The van der Waals surface area contributed by atoms with Crippen LogP contribution in [0.3, 0.4) is 0 Å². The van der Waals surface area contributed by atoms with Gasteiger partial charge in [-0.2, -0.15) is 0 Å². The Morgan fingerprint density at radius 1 is 0.362 bits per heavy atom. The van der Waals surface area contributed by atoms with Crippen molar-refractivity contribution >= 4 is 75.1 Å². The first-order valence-corrected chi connectivity index (χ1v) is 20.1. The lowest BCUT2D eigenvalue weighted by atomic mass is 9.95. The van der Waals surface area contributed by atoms with Gasteiger partial charge in [-0.05, 0) is 35.4 Å². The third kappa shape index (κ3) is 5.16. The van der Waals surface area contributed by atoms with Crippen LogP contribution in [-0.2, 0) is 0 Å². The van der Waals surface area contributed by atoms with E-state index < -0.39 is 0 Å². The molecule has 0 unspecified atom stereocenters. The Bertz CT molecular complexity index is 3560. The Morgan fingerprint density at radius 3 is 1.78 bits per heavy atom. The Kier molecular flexibility index (Phi) is 7.33. The average molecular weight is 759 g/mol. The number of hydrogen-bond donors (Lipinski definition) is 0. The number of benzene rings is 8. The molecule has 0 fully saturated rings. The summed E-state index contributed by atoms with van der Waals surface area (Å²) in [6.07, 6.45) is 0. The van der Waals surface area contributed by atoms with E-state index in [0.717, 1.165) is 66.4 Å². The molecule has 0 saturated heterocycles. The molecular weight excluding hydrogens is 729 g/mol. The lowest BCUT2D eigenvalue weighted by Crippen LogP contribution is -2.00. The van der Waals surface area contributed by atoms with Crippen LogP contribution >= 0.6 is 11.3 Å². The molecule has 4 heterocycles. The Labute approximate surface area is 336 Å². The zero-order valence-electron chi connectivity index (χ0n) is 30.9. The van der Waals surface area contributed by atoms with E-state index in [0.29, 0.717) is 17.5 Å². The van der Waals surface area contributed by atoms with Crippen LogP contribution in [0.1, 0.15) is 0 Å². The van der Waals surface area contributed by atoms with Gasteiger partial charge in [0.05, 0.1) is 16.8 Å². The number of aromatic nitrogens is 4. The molecule has 0 radical (unpaired) electrons. The minimum atomic E-state index is 0.567. The summed E-state index contributed by atoms with van der Waals surface area (Å²) in [5.74, 6) is 1.78. The zero-order chi connectivity index (χ0) is 38.2. The molecule has 0 spiro atoms. The van der Waals surface area contributed by atoms with Crippen molar-refractivity contribution in [3.8, 4) is 56.5 Å². The smallest absolute Gasteiger partial charge is 0.167 e. The Hall–Kier alpha value is -7.54. The number of para-hydroxylation sites is 3. The fourth-order valence-corrected chi connectivity index (χ4v) is 9.73. The topological polar surface area (TPSA) is 64.7 Å². The van der Waals surface area contributed by atoms with Gasteiger partial charge in [-0.15, -0.1) is 11.3 Å². The minimum Gasteiger partial charge on any atom is -0.455 e. The average Bonchev–Trinajstić information content (AvgIpc) is 3.88. The number of furan rings is 1. The number of rotatable bonds is 5. The third-order valence-corrected chi connectivity index (χ3v) is 12.3. The SMILES string of the molecule is c1ccc(-c2nc(-c3ccc(-c4cccc5sc6c(ccc7c(-c8ccccc8)nc8ccccc8c76)c45)cc3)nc(-c3cccc4c3oc3ccccc34)n2)cc1. The van der Waals surface area contributed by atoms with Crippen molar-refractivity contribution in [2.75, 3.05) is 0 Å². The monoisotopic (exact) mass is 758 g/mol. The molecule has 58 heavy (non-hydrogen) atoms. The molecular formula is C52H30N4OS. The number of nitrogens with zero attached hydrogens (tertiary/aromatic N) is 4. The van der Waals surface area contributed by atoms with E-state index in [-0.39, 0.29) is 0 Å². The van der Waals surface area contributed by atoms with Crippen LogP contribution in [0.2, 0.25) is 0 Å². The van der Waals surface area contributed by atoms with E-state index in [2.05, 4.69) is 121 Å². The first-order valence-electron chi connectivity index (χ1n) is 19.3. The summed E-state index contributed by atoms with van der Waals surface area (Å²) in [5.41, 5.74) is 9.70. The molecule has 12 aromatic rings.